The molecule has 0 aliphatic carbocycles. The molecule has 3 saturated heterocycles. The summed E-state index contributed by atoms with van der Waals surface area (Å²) in [5, 5.41) is 10.00. The van der Waals surface area contributed by atoms with Gasteiger partial charge in [-0.15, -0.1) is 13.2 Å². The van der Waals surface area contributed by atoms with Gasteiger partial charge in [0.15, 0.2) is 0 Å². The highest BCUT2D eigenvalue weighted by Gasteiger charge is 2.75. The Morgan fingerprint density at radius 1 is 1.14 bits per heavy atom. The number of amides is 3. The monoisotopic (exact) mass is 489 g/mol. The predicted octanol–water partition coefficient (Wildman–Crippen LogP) is 2.37. The van der Waals surface area contributed by atoms with E-state index in [1.165, 1.54) is 4.90 Å². The lowest BCUT2D eigenvalue weighted by Gasteiger charge is -2.38. The van der Waals surface area contributed by atoms with Crippen LogP contribution in [0, 0.1) is 11.8 Å². The van der Waals surface area contributed by atoms with E-state index in [0.717, 1.165) is 25.7 Å². The highest BCUT2D eigenvalue weighted by atomic mass is 16.5. The third-order valence-electron chi connectivity index (χ3n) is 7.84. The lowest BCUT2D eigenvalue weighted by molar-refractivity contribution is -0.151. The third-order valence-corrected chi connectivity index (χ3v) is 7.84. The normalized spacial score (nSPS) is 29.7. The van der Waals surface area contributed by atoms with Crippen molar-refractivity contribution < 1.29 is 24.2 Å². The number of hydrogen-bond acceptors (Lipinski definition) is 5. The van der Waals surface area contributed by atoms with Crippen LogP contribution in [0.3, 0.4) is 0 Å². The van der Waals surface area contributed by atoms with Gasteiger partial charge < -0.3 is 24.5 Å². The number of aliphatic hydroxyl groups excluding tert-OH is 1. The highest BCUT2D eigenvalue weighted by molar-refractivity contribution is 5.99. The van der Waals surface area contributed by atoms with E-state index in [9.17, 15) is 19.5 Å². The van der Waals surface area contributed by atoms with Gasteiger partial charge in [0.2, 0.25) is 17.7 Å². The van der Waals surface area contributed by atoms with Crippen LogP contribution in [0.1, 0.15) is 59.3 Å². The zero-order valence-corrected chi connectivity index (χ0v) is 21.7. The van der Waals surface area contributed by atoms with Gasteiger partial charge in [0.25, 0.3) is 0 Å². The average molecular weight is 490 g/mol. The van der Waals surface area contributed by atoms with Crippen LogP contribution in [0.25, 0.3) is 0 Å². The van der Waals surface area contributed by atoms with Gasteiger partial charge >= 0.3 is 0 Å². The van der Waals surface area contributed by atoms with Gasteiger partial charge in [-0.25, -0.2) is 0 Å². The number of rotatable bonds is 14. The molecule has 6 atom stereocenters. The number of likely N-dealkylation sites (tertiary alicyclic amines) is 1. The van der Waals surface area contributed by atoms with Gasteiger partial charge in [-0.1, -0.05) is 38.8 Å². The van der Waals surface area contributed by atoms with Crippen LogP contribution < -0.4 is 0 Å². The van der Waals surface area contributed by atoms with Gasteiger partial charge in [-0.05, 0) is 32.6 Å². The van der Waals surface area contributed by atoms with Crippen molar-refractivity contribution in [2.75, 3.05) is 32.8 Å². The zero-order chi connectivity index (χ0) is 25.8. The van der Waals surface area contributed by atoms with Crippen molar-refractivity contribution in [1.29, 1.82) is 0 Å². The molecular weight excluding hydrogens is 446 g/mol. The first-order valence-corrected chi connectivity index (χ1v) is 13.2. The molecular formula is C27H43N3O5. The predicted molar refractivity (Wildman–Crippen MR) is 134 cm³/mol. The summed E-state index contributed by atoms with van der Waals surface area (Å²) in [6.45, 7) is 15.1. The number of nitrogens with zero attached hydrogens (tertiary/aromatic N) is 3. The Morgan fingerprint density at radius 3 is 2.37 bits per heavy atom. The molecule has 0 aromatic carbocycles. The van der Waals surface area contributed by atoms with Crippen LogP contribution >= 0.6 is 0 Å². The molecule has 0 aromatic rings. The van der Waals surface area contributed by atoms with Crippen LogP contribution in [-0.2, 0) is 19.1 Å². The summed E-state index contributed by atoms with van der Waals surface area (Å²) in [6.07, 6.45) is 7.90. The fourth-order valence-electron chi connectivity index (χ4n) is 6.32. The minimum atomic E-state index is -1.04. The topological polar surface area (TPSA) is 90.4 Å². The summed E-state index contributed by atoms with van der Waals surface area (Å²) in [6, 6.07) is -1.42. The maximum atomic E-state index is 14.1. The Bertz CT molecular complexity index is 817. The molecule has 3 amide bonds. The van der Waals surface area contributed by atoms with Crippen molar-refractivity contribution in [2.24, 2.45) is 11.8 Å². The molecule has 3 heterocycles. The van der Waals surface area contributed by atoms with E-state index in [1.807, 2.05) is 6.92 Å². The minimum Gasteiger partial charge on any atom is -0.394 e. The lowest BCUT2D eigenvalue weighted by Crippen LogP contribution is -2.58. The molecule has 0 aromatic heterocycles. The standard InChI is InChI=1S/C27H43N3O5/c1-6-10-11-17-29(16-9-4)26(34)23-27-13-12-20(35-27)21(24(32)28(14-7-2)15-8-3)22(27)25(33)30(23)19(5)18-31/h7,9,19-23,31H,2,4,6,8,10-18H2,1,3,5H3/t19-,20-,21+,22+,23?,27?/m1/s1. The molecule has 2 bridgehead atoms. The molecule has 2 unspecified atom stereocenters. The molecule has 196 valence electrons. The molecule has 8 heteroatoms. The molecule has 3 aliphatic rings. The van der Waals surface area contributed by atoms with E-state index < -0.39 is 29.5 Å². The average Bonchev–Trinajstić information content (AvgIpc) is 3.49. The van der Waals surface area contributed by atoms with Gasteiger partial charge in [0, 0.05) is 26.2 Å². The molecule has 1 spiro atoms. The largest absolute Gasteiger partial charge is 0.394 e. The van der Waals surface area contributed by atoms with E-state index in [2.05, 4.69) is 20.1 Å². The van der Waals surface area contributed by atoms with Crippen molar-refractivity contribution in [3.8, 4) is 0 Å². The van der Waals surface area contributed by atoms with Crippen LogP contribution in [0.15, 0.2) is 25.3 Å². The second kappa shape index (κ2) is 11.7. The summed E-state index contributed by atoms with van der Waals surface area (Å²) < 4.78 is 6.52. The number of hydrogen-bond donors (Lipinski definition) is 1. The molecule has 3 fully saturated rings. The number of fused-ring (bicyclic) bond motifs is 1. The quantitative estimate of drug-likeness (QED) is 0.299. The fourth-order valence-corrected chi connectivity index (χ4v) is 6.32. The minimum absolute atomic E-state index is 0.104. The first kappa shape index (κ1) is 27.4. The SMILES string of the molecule is C=CCN(CCCCC)C(=O)C1N([C@H](C)CO)C(=O)[C@@H]2[C@@H](C(=O)N(CC=C)CCC)[C@H]3CCC12O3. The van der Waals surface area contributed by atoms with Crippen LogP contribution in [-0.4, -0.2) is 94.1 Å². The van der Waals surface area contributed by atoms with E-state index in [0.29, 0.717) is 39.0 Å². The summed E-state index contributed by atoms with van der Waals surface area (Å²) in [4.78, 5) is 46.7. The van der Waals surface area contributed by atoms with Crippen molar-refractivity contribution in [3.63, 3.8) is 0 Å². The van der Waals surface area contributed by atoms with Crippen molar-refractivity contribution in [2.45, 2.75) is 83.1 Å². The van der Waals surface area contributed by atoms with Gasteiger partial charge in [-0.2, -0.15) is 0 Å². The molecule has 1 N–H and O–H groups in total. The second-order valence-corrected chi connectivity index (χ2v) is 10.2. The summed E-state index contributed by atoms with van der Waals surface area (Å²) in [5.74, 6) is -1.88. The summed E-state index contributed by atoms with van der Waals surface area (Å²) in [7, 11) is 0. The lowest BCUT2D eigenvalue weighted by atomic mass is 9.70. The van der Waals surface area contributed by atoms with E-state index in [4.69, 9.17) is 4.74 Å². The third kappa shape index (κ3) is 4.79. The smallest absolute Gasteiger partial charge is 0.248 e. The Labute approximate surface area is 210 Å². The number of aliphatic hydroxyl groups is 1. The van der Waals surface area contributed by atoms with Crippen molar-refractivity contribution in [1.82, 2.24) is 14.7 Å². The van der Waals surface area contributed by atoms with E-state index >= 15 is 0 Å². The number of carbonyl (C=O) groups is 3. The number of unbranched alkanes of at least 4 members (excludes halogenated alkanes) is 2. The van der Waals surface area contributed by atoms with Crippen molar-refractivity contribution in [3.05, 3.63) is 25.3 Å². The van der Waals surface area contributed by atoms with Crippen LogP contribution in [0.4, 0.5) is 0 Å². The number of carbonyl (C=O) groups excluding carboxylic acids is 3. The molecule has 3 aliphatic heterocycles. The van der Waals surface area contributed by atoms with Crippen molar-refractivity contribution >= 4 is 17.7 Å². The van der Waals surface area contributed by atoms with E-state index in [1.54, 1.807) is 28.9 Å². The van der Waals surface area contributed by atoms with Crippen LogP contribution in [0.5, 0.6) is 0 Å². The van der Waals surface area contributed by atoms with Crippen LogP contribution in [0.2, 0.25) is 0 Å². The second-order valence-electron chi connectivity index (χ2n) is 10.2. The van der Waals surface area contributed by atoms with Gasteiger partial charge in [0.1, 0.15) is 11.6 Å². The first-order chi connectivity index (χ1) is 16.8. The Kier molecular flexibility index (Phi) is 9.16. The van der Waals surface area contributed by atoms with Gasteiger partial charge in [0.05, 0.1) is 30.6 Å². The molecule has 0 radical (unpaired) electrons. The Balaban J connectivity index is 2.00. The maximum Gasteiger partial charge on any atom is 0.248 e. The Hall–Kier alpha value is -2.19. The Morgan fingerprint density at radius 2 is 1.80 bits per heavy atom. The zero-order valence-electron chi connectivity index (χ0n) is 21.7. The summed E-state index contributed by atoms with van der Waals surface area (Å²) >= 11 is 0. The van der Waals surface area contributed by atoms with E-state index in [-0.39, 0.29) is 30.4 Å². The highest BCUT2D eigenvalue weighted by Crippen LogP contribution is 2.59. The molecule has 35 heavy (non-hydrogen) atoms. The first-order valence-electron chi connectivity index (χ1n) is 13.2. The molecule has 8 nitrogen and oxygen atoms in total. The maximum absolute atomic E-state index is 14.1. The summed E-state index contributed by atoms with van der Waals surface area (Å²) in [5.41, 5.74) is -1.04. The number of ether oxygens (including phenoxy) is 1. The molecule has 0 saturated carbocycles. The van der Waals surface area contributed by atoms with Gasteiger partial charge in [-0.3, -0.25) is 14.4 Å². The molecule has 3 rings (SSSR count). The fraction of sp³-hybridized carbons (Fsp3) is 0.741.